The monoisotopic (exact) mass is 478 g/mol. The molecule has 186 valence electrons. The van der Waals surface area contributed by atoms with E-state index in [1.807, 2.05) is 45.0 Å². The number of hydrogen-bond donors (Lipinski definition) is 2. The van der Waals surface area contributed by atoms with E-state index in [4.69, 9.17) is 4.74 Å². The van der Waals surface area contributed by atoms with Crippen LogP contribution in [0, 0.1) is 17.3 Å². The van der Waals surface area contributed by atoms with E-state index in [9.17, 15) is 19.5 Å². The van der Waals surface area contributed by atoms with Crippen LogP contribution in [-0.4, -0.2) is 54.2 Å². The Bertz CT molecular complexity index is 1070. The molecule has 0 radical (unpaired) electrons. The Hall–Kier alpha value is -3.35. The van der Waals surface area contributed by atoms with Gasteiger partial charge in [0.2, 0.25) is 5.91 Å². The lowest BCUT2D eigenvalue weighted by Crippen LogP contribution is -2.32. The van der Waals surface area contributed by atoms with Gasteiger partial charge in [0.25, 0.3) is 0 Å². The van der Waals surface area contributed by atoms with Crippen LogP contribution in [0.15, 0.2) is 48.5 Å². The minimum absolute atomic E-state index is 0.0162. The van der Waals surface area contributed by atoms with E-state index in [2.05, 4.69) is 29.6 Å². The molecule has 2 unspecified atom stereocenters. The Labute approximate surface area is 206 Å². The molecule has 2 amide bonds. The molecular formula is C28H34N2O5. The number of amides is 2. The minimum atomic E-state index is -0.856. The van der Waals surface area contributed by atoms with Crippen molar-refractivity contribution in [1.82, 2.24) is 10.2 Å². The highest BCUT2D eigenvalue weighted by Gasteiger charge is 2.45. The van der Waals surface area contributed by atoms with Gasteiger partial charge in [0.05, 0.1) is 5.92 Å². The summed E-state index contributed by atoms with van der Waals surface area (Å²) in [7, 11) is 0. The lowest BCUT2D eigenvalue weighted by molar-refractivity contribution is -0.144. The van der Waals surface area contributed by atoms with Gasteiger partial charge >= 0.3 is 12.1 Å². The second-order valence-electron chi connectivity index (χ2n) is 10.5. The van der Waals surface area contributed by atoms with Gasteiger partial charge in [-0.25, -0.2) is 4.79 Å². The summed E-state index contributed by atoms with van der Waals surface area (Å²) in [5.41, 5.74) is 4.28. The molecule has 0 aromatic heterocycles. The minimum Gasteiger partial charge on any atom is -0.481 e. The Morgan fingerprint density at radius 3 is 2.26 bits per heavy atom. The molecule has 0 saturated carbocycles. The summed E-state index contributed by atoms with van der Waals surface area (Å²) in [6, 6.07) is 16.4. The second kappa shape index (κ2) is 10.1. The van der Waals surface area contributed by atoms with Gasteiger partial charge in [-0.05, 0) is 40.0 Å². The summed E-state index contributed by atoms with van der Waals surface area (Å²) in [6.45, 7) is 7.14. The maximum atomic E-state index is 12.6. The maximum absolute atomic E-state index is 12.6. The summed E-state index contributed by atoms with van der Waals surface area (Å²) in [5, 5.41) is 12.2. The molecule has 1 saturated heterocycles. The van der Waals surface area contributed by atoms with Gasteiger partial charge in [-0.2, -0.15) is 0 Å². The molecule has 7 heteroatoms. The van der Waals surface area contributed by atoms with E-state index in [0.717, 1.165) is 0 Å². The van der Waals surface area contributed by atoms with E-state index >= 15 is 0 Å². The highest BCUT2D eigenvalue weighted by Crippen LogP contribution is 2.44. The van der Waals surface area contributed by atoms with Crippen LogP contribution >= 0.6 is 0 Å². The third-order valence-electron chi connectivity index (χ3n) is 7.39. The summed E-state index contributed by atoms with van der Waals surface area (Å²) < 4.78 is 5.57. The molecule has 0 bridgehead atoms. The summed E-state index contributed by atoms with van der Waals surface area (Å²) in [6.07, 6.45) is 0.475. The number of benzene rings is 2. The van der Waals surface area contributed by atoms with E-state index < -0.39 is 23.4 Å². The molecule has 1 heterocycles. The van der Waals surface area contributed by atoms with Gasteiger partial charge in [0, 0.05) is 32.0 Å². The smallest absolute Gasteiger partial charge is 0.407 e. The molecule has 4 rings (SSSR count). The van der Waals surface area contributed by atoms with Crippen molar-refractivity contribution >= 4 is 18.0 Å². The van der Waals surface area contributed by atoms with Crippen LogP contribution in [0.3, 0.4) is 0 Å². The normalized spacial score (nSPS) is 19.1. The third kappa shape index (κ3) is 5.34. The predicted molar refractivity (Wildman–Crippen MR) is 133 cm³/mol. The van der Waals surface area contributed by atoms with Crippen LogP contribution < -0.4 is 5.32 Å². The fourth-order valence-corrected chi connectivity index (χ4v) is 5.27. The quantitative estimate of drug-likeness (QED) is 0.582. The zero-order chi connectivity index (χ0) is 25.2. The van der Waals surface area contributed by atoms with Crippen LogP contribution in [-0.2, 0) is 14.3 Å². The number of alkyl carbamates (subject to hydrolysis) is 1. The summed E-state index contributed by atoms with van der Waals surface area (Å²) >= 11 is 0. The van der Waals surface area contributed by atoms with Crippen molar-refractivity contribution in [3.63, 3.8) is 0 Å². The van der Waals surface area contributed by atoms with E-state index in [1.54, 1.807) is 4.90 Å². The Morgan fingerprint density at radius 2 is 1.69 bits per heavy atom. The standard InChI is InChI=1S/C28H34N2O5/c1-18(12-13-25(31)30-15-24(26(32)33)28(2,3)17-30)14-29-27(34)35-16-23-21-10-6-4-8-19(21)20-9-5-7-11-22(20)23/h4-11,18,23-24H,12-17H2,1-3H3,(H,29,34)(H,32,33). The van der Waals surface area contributed by atoms with Crippen LogP contribution in [0.1, 0.15) is 50.7 Å². The molecule has 1 fully saturated rings. The van der Waals surface area contributed by atoms with E-state index in [0.29, 0.717) is 25.9 Å². The molecule has 0 spiro atoms. The SMILES string of the molecule is CC(CCC(=O)N1CC(C(=O)O)C(C)(C)C1)CNC(=O)OCC1c2ccccc2-c2ccccc21. The number of ether oxygens (including phenoxy) is 1. The lowest BCUT2D eigenvalue weighted by Gasteiger charge is -2.22. The van der Waals surface area contributed by atoms with Crippen molar-refractivity contribution in [2.24, 2.45) is 17.3 Å². The average molecular weight is 479 g/mol. The first-order valence-electron chi connectivity index (χ1n) is 12.3. The zero-order valence-corrected chi connectivity index (χ0v) is 20.6. The van der Waals surface area contributed by atoms with Crippen molar-refractivity contribution in [1.29, 1.82) is 0 Å². The van der Waals surface area contributed by atoms with Gasteiger partial charge in [0.1, 0.15) is 6.61 Å². The number of likely N-dealkylation sites (tertiary alicyclic amines) is 1. The topological polar surface area (TPSA) is 95.9 Å². The Morgan fingerprint density at radius 1 is 1.09 bits per heavy atom. The molecular weight excluding hydrogens is 444 g/mol. The van der Waals surface area contributed by atoms with Crippen LogP contribution in [0.2, 0.25) is 0 Å². The van der Waals surface area contributed by atoms with Gasteiger partial charge < -0.3 is 20.1 Å². The molecule has 2 aromatic carbocycles. The maximum Gasteiger partial charge on any atom is 0.407 e. The van der Waals surface area contributed by atoms with Crippen LogP contribution in [0.25, 0.3) is 11.1 Å². The number of rotatable bonds is 8. The molecule has 7 nitrogen and oxygen atoms in total. The van der Waals surface area contributed by atoms with Crippen molar-refractivity contribution in [3.8, 4) is 11.1 Å². The molecule has 2 aromatic rings. The highest BCUT2D eigenvalue weighted by molar-refractivity contribution is 5.80. The van der Waals surface area contributed by atoms with Gasteiger partial charge in [-0.15, -0.1) is 0 Å². The number of aliphatic carboxylic acids is 1. The van der Waals surface area contributed by atoms with Gasteiger partial charge in [-0.3, -0.25) is 9.59 Å². The number of nitrogens with one attached hydrogen (secondary N) is 1. The number of carbonyl (C=O) groups is 3. The van der Waals surface area contributed by atoms with Crippen molar-refractivity contribution < 1.29 is 24.2 Å². The molecule has 35 heavy (non-hydrogen) atoms. The lowest BCUT2D eigenvalue weighted by atomic mass is 9.82. The van der Waals surface area contributed by atoms with Gasteiger partial charge in [-0.1, -0.05) is 69.3 Å². The first-order chi connectivity index (χ1) is 16.7. The average Bonchev–Trinajstić information content (AvgIpc) is 3.34. The highest BCUT2D eigenvalue weighted by atomic mass is 16.5. The first kappa shape index (κ1) is 24.8. The Kier molecular flexibility index (Phi) is 7.15. The summed E-state index contributed by atoms with van der Waals surface area (Å²) in [4.78, 5) is 38.1. The first-order valence-corrected chi connectivity index (χ1v) is 12.3. The van der Waals surface area contributed by atoms with Crippen LogP contribution in [0.5, 0.6) is 0 Å². The van der Waals surface area contributed by atoms with Crippen molar-refractivity contribution in [2.45, 2.75) is 39.5 Å². The van der Waals surface area contributed by atoms with Gasteiger partial charge in [0.15, 0.2) is 0 Å². The fraction of sp³-hybridized carbons (Fsp3) is 0.464. The molecule has 2 N–H and O–H groups in total. The zero-order valence-electron chi connectivity index (χ0n) is 20.6. The largest absolute Gasteiger partial charge is 0.481 e. The second-order valence-corrected chi connectivity index (χ2v) is 10.5. The number of carbonyl (C=O) groups excluding carboxylic acids is 2. The number of hydrogen-bond acceptors (Lipinski definition) is 4. The van der Waals surface area contributed by atoms with Crippen molar-refractivity contribution in [3.05, 3.63) is 59.7 Å². The van der Waals surface area contributed by atoms with E-state index in [-0.39, 0.29) is 30.9 Å². The van der Waals surface area contributed by atoms with Crippen molar-refractivity contribution in [2.75, 3.05) is 26.2 Å². The molecule has 1 aliphatic heterocycles. The number of fused-ring (bicyclic) bond motifs is 3. The molecule has 1 aliphatic carbocycles. The van der Waals surface area contributed by atoms with Crippen LogP contribution in [0.4, 0.5) is 4.79 Å². The fourth-order valence-electron chi connectivity index (χ4n) is 5.27. The number of carboxylic acids is 1. The molecule has 2 aliphatic rings. The summed E-state index contributed by atoms with van der Waals surface area (Å²) in [5.74, 6) is -1.33. The molecule has 2 atom stereocenters. The third-order valence-corrected chi connectivity index (χ3v) is 7.39. The predicted octanol–water partition coefficient (Wildman–Crippen LogP) is 4.51. The van der Waals surface area contributed by atoms with E-state index in [1.165, 1.54) is 22.3 Å². The number of carboxylic acid groups (broad SMARTS) is 1. The Balaban J connectivity index is 1.21. The number of nitrogens with zero attached hydrogens (tertiary/aromatic N) is 1.